The lowest BCUT2D eigenvalue weighted by molar-refractivity contribution is -0.385. The summed E-state index contributed by atoms with van der Waals surface area (Å²) in [6.45, 7) is 3.81. The Morgan fingerprint density at radius 1 is 1.22 bits per heavy atom. The number of aromatic nitrogens is 1. The van der Waals surface area contributed by atoms with E-state index in [0.717, 1.165) is 21.0 Å². The summed E-state index contributed by atoms with van der Waals surface area (Å²) in [5, 5.41) is 10.6. The van der Waals surface area contributed by atoms with Gasteiger partial charge in [-0.2, -0.15) is 0 Å². The van der Waals surface area contributed by atoms with Gasteiger partial charge in [-0.25, -0.2) is 0 Å². The van der Waals surface area contributed by atoms with Crippen LogP contribution in [0.25, 0.3) is 0 Å². The van der Waals surface area contributed by atoms with Gasteiger partial charge in [0.2, 0.25) is 0 Å². The molecule has 2 aromatic rings. The Balaban J connectivity index is 2.24. The molecule has 5 heteroatoms. The van der Waals surface area contributed by atoms with Crippen LogP contribution in [0, 0.1) is 24.0 Å². The highest BCUT2D eigenvalue weighted by Crippen LogP contribution is 2.31. The molecule has 0 N–H and O–H groups in total. The molecule has 0 radical (unpaired) electrons. The third-order valence-electron chi connectivity index (χ3n) is 2.48. The number of nitro benzene ring substituents is 1. The van der Waals surface area contributed by atoms with E-state index in [2.05, 4.69) is 4.98 Å². The summed E-state index contributed by atoms with van der Waals surface area (Å²) in [6.07, 6.45) is 1.81. The van der Waals surface area contributed by atoms with Crippen molar-refractivity contribution in [3.63, 3.8) is 0 Å². The molecule has 0 unspecified atom stereocenters. The summed E-state index contributed by atoms with van der Waals surface area (Å²) in [5.74, 6) is 0. The highest BCUT2D eigenvalue weighted by molar-refractivity contribution is 7.99. The lowest BCUT2D eigenvalue weighted by Crippen LogP contribution is -1.89. The molecule has 1 aromatic heterocycles. The number of nitrogens with zero attached hydrogens (tertiary/aromatic N) is 2. The Bertz CT molecular complexity index is 582. The monoisotopic (exact) mass is 260 g/mol. The number of non-ortho nitro benzene ring substituents is 1. The first-order valence-corrected chi connectivity index (χ1v) is 6.23. The van der Waals surface area contributed by atoms with Crippen LogP contribution in [0.1, 0.15) is 11.3 Å². The first-order valence-electron chi connectivity index (χ1n) is 5.42. The van der Waals surface area contributed by atoms with Crippen molar-refractivity contribution in [2.75, 3.05) is 0 Å². The van der Waals surface area contributed by atoms with E-state index >= 15 is 0 Å². The molecule has 0 bridgehead atoms. The van der Waals surface area contributed by atoms with Gasteiger partial charge in [-0.1, -0.05) is 11.8 Å². The molecule has 1 aromatic carbocycles. The van der Waals surface area contributed by atoms with E-state index in [-0.39, 0.29) is 10.6 Å². The van der Waals surface area contributed by atoms with Crippen molar-refractivity contribution in [2.24, 2.45) is 0 Å². The molecule has 0 aliphatic rings. The number of benzene rings is 1. The smallest absolute Gasteiger partial charge is 0.260 e. The minimum Gasteiger partial charge on any atom is -0.260 e. The number of nitro groups is 1. The Labute approximate surface area is 109 Å². The normalized spacial score (nSPS) is 10.3. The predicted octanol–water partition coefficient (Wildman–Crippen LogP) is 3.76. The number of hydrogen-bond acceptors (Lipinski definition) is 4. The van der Waals surface area contributed by atoms with Gasteiger partial charge in [0.25, 0.3) is 5.69 Å². The van der Waals surface area contributed by atoms with Crippen LogP contribution in [0.3, 0.4) is 0 Å². The SMILES string of the molecule is Cc1ccc(Sc2ccc([N+](=O)[O-])cc2C)cn1. The second-order valence-electron chi connectivity index (χ2n) is 3.94. The van der Waals surface area contributed by atoms with Crippen LogP contribution in [0.4, 0.5) is 5.69 Å². The Kier molecular flexibility index (Phi) is 3.62. The summed E-state index contributed by atoms with van der Waals surface area (Å²) < 4.78 is 0. The lowest BCUT2D eigenvalue weighted by Gasteiger charge is -2.05. The van der Waals surface area contributed by atoms with Crippen LogP contribution in [0.5, 0.6) is 0 Å². The maximum absolute atomic E-state index is 10.6. The topological polar surface area (TPSA) is 56.0 Å². The van der Waals surface area contributed by atoms with Gasteiger partial charge in [-0.05, 0) is 37.6 Å². The highest BCUT2D eigenvalue weighted by atomic mass is 32.2. The molecule has 2 rings (SSSR count). The van der Waals surface area contributed by atoms with Gasteiger partial charge >= 0.3 is 0 Å². The van der Waals surface area contributed by atoms with Gasteiger partial charge in [0.05, 0.1) is 4.92 Å². The first kappa shape index (κ1) is 12.6. The van der Waals surface area contributed by atoms with E-state index in [4.69, 9.17) is 0 Å². The van der Waals surface area contributed by atoms with E-state index in [0.29, 0.717) is 0 Å². The molecule has 18 heavy (non-hydrogen) atoms. The Hall–Kier alpha value is -1.88. The molecule has 0 amide bonds. The third kappa shape index (κ3) is 2.87. The molecule has 0 saturated heterocycles. The molecule has 0 aliphatic carbocycles. The fraction of sp³-hybridized carbons (Fsp3) is 0.154. The lowest BCUT2D eigenvalue weighted by atomic mass is 10.2. The van der Waals surface area contributed by atoms with Crippen molar-refractivity contribution < 1.29 is 4.92 Å². The van der Waals surface area contributed by atoms with E-state index in [1.165, 1.54) is 6.07 Å². The van der Waals surface area contributed by atoms with Gasteiger partial charge in [0, 0.05) is 33.8 Å². The van der Waals surface area contributed by atoms with Crippen LogP contribution < -0.4 is 0 Å². The van der Waals surface area contributed by atoms with Crippen molar-refractivity contribution in [3.05, 3.63) is 57.9 Å². The number of rotatable bonds is 3. The predicted molar refractivity (Wildman–Crippen MR) is 70.9 cm³/mol. The Morgan fingerprint density at radius 3 is 2.56 bits per heavy atom. The summed E-state index contributed by atoms with van der Waals surface area (Å²) in [5.41, 5.74) is 1.99. The summed E-state index contributed by atoms with van der Waals surface area (Å²) in [7, 11) is 0. The second-order valence-corrected chi connectivity index (χ2v) is 5.06. The average Bonchev–Trinajstić information content (AvgIpc) is 2.34. The zero-order chi connectivity index (χ0) is 13.1. The zero-order valence-electron chi connectivity index (χ0n) is 10.1. The van der Waals surface area contributed by atoms with Gasteiger partial charge in [-0.15, -0.1) is 0 Å². The van der Waals surface area contributed by atoms with E-state index < -0.39 is 0 Å². The van der Waals surface area contributed by atoms with Crippen molar-refractivity contribution in [2.45, 2.75) is 23.6 Å². The number of aryl methyl sites for hydroxylation is 2. The first-order chi connectivity index (χ1) is 8.56. The molecule has 92 valence electrons. The van der Waals surface area contributed by atoms with Crippen molar-refractivity contribution >= 4 is 17.4 Å². The standard InChI is InChI=1S/C13H12N2O2S/c1-9-7-11(15(16)17)4-6-13(9)18-12-5-3-10(2)14-8-12/h3-8H,1-2H3. The molecule has 1 heterocycles. The molecule has 0 spiro atoms. The largest absolute Gasteiger partial charge is 0.269 e. The Morgan fingerprint density at radius 2 is 2.00 bits per heavy atom. The van der Waals surface area contributed by atoms with Crippen LogP contribution in [-0.4, -0.2) is 9.91 Å². The average molecular weight is 260 g/mol. The van der Waals surface area contributed by atoms with E-state index in [1.807, 2.05) is 26.0 Å². The van der Waals surface area contributed by atoms with Crippen molar-refractivity contribution in [1.29, 1.82) is 0 Å². The van der Waals surface area contributed by atoms with E-state index in [1.54, 1.807) is 30.1 Å². The van der Waals surface area contributed by atoms with Crippen molar-refractivity contribution in [1.82, 2.24) is 4.98 Å². The second kappa shape index (κ2) is 5.18. The van der Waals surface area contributed by atoms with E-state index in [9.17, 15) is 10.1 Å². The summed E-state index contributed by atoms with van der Waals surface area (Å²) in [4.78, 5) is 16.5. The maximum Gasteiger partial charge on any atom is 0.269 e. The van der Waals surface area contributed by atoms with Crippen LogP contribution >= 0.6 is 11.8 Å². The summed E-state index contributed by atoms with van der Waals surface area (Å²) in [6, 6.07) is 8.83. The van der Waals surface area contributed by atoms with Crippen LogP contribution in [0.2, 0.25) is 0 Å². The maximum atomic E-state index is 10.6. The molecule has 4 nitrogen and oxygen atoms in total. The third-order valence-corrected chi connectivity index (χ3v) is 3.64. The van der Waals surface area contributed by atoms with Gasteiger partial charge < -0.3 is 0 Å². The number of pyridine rings is 1. The molecule has 0 fully saturated rings. The molecule has 0 saturated carbocycles. The van der Waals surface area contributed by atoms with Gasteiger partial charge in [-0.3, -0.25) is 15.1 Å². The van der Waals surface area contributed by atoms with Crippen LogP contribution in [0.15, 0.2) is 46.3 Å². The van der Waals surface area contributed by atoms with Crippen molar-refractivity contribution in [3.8, 4) is 0 Å². The quantitative estimate of drug-likeness (QED) is 0.623. The molecule has 0 aliphatic heterocycles. The molecular formula is C13H12N2O2S. The number of hydrogen-bond donors (Lipinski definition) is 0. The minimum atomic E-state index is -0.380. The molecular weight excluding hydrogens is 248 g/mol. The fourth-order valence-electron chi connectivity index (χ4n) is 1.50. The van der Waals surface area contributed by atoms with Gasteiger partial charge in [0.1, 0.15) is 0 Å². The molecule has 0 atom stereocenters. The minimum absolute atomic E-state index is 0.124. The fourth-order valence-corrected chi connectivity index (χ4v) is 2.35. The zero-order valence-corrected chi connectivity index (χ0v) is 10.9. The van der Waals surface area contributed by atoms with Gasteiger partial charge in [0.15, 0.2) is 0 Å². The summed E-state index contributed by atoms with van der Waals surface area (Å²) >= 11 is 1.56. The highest BCUT2D eigenvalue weighted by Gasteiger charge is 2.08. The van der Waals surface area contributed by atoms with Crippen LogP contribution in [-0.2, 0) is 0 Å².